The summed E-state index contributed by atoms with van der Waals surface area (Å²) < 4.78 is 19.2. The highest BCUT2D eigenvalue weighted by molar-refractivity contribution is 6.77. The summed E-state index contributed by atoms with van der Waals surface area (Å²) in [7, 11) is -0.501. The van der Waals surface area contributed by atoms with Crippen molar-refractivity contribution in [2.75, 3.05) is 13.9 Å². The van der Waals surface area contributed by atoms with Crippen LogP contribution in [0, 0.1) is 22.2 Å². The quantitative estimate of drug-likeness (QED) is 0.190. The Balaban J connectivity index is 2.30. The maximum Gasteiger partial charge on any atom is 0.258 e. The third-order valence-corrected chi connectivity index (χ3v) is 16.8. The van der Waals surface area contributed by atoms with E-state index in [-0.39, 0.29) is 23.7 Å². The topological polar surface area (TPSA) is 47.9 Å². The lowest BCUT2D eigenvalue weighted by Crippen LogP contribution is -2.56. The van der Waals surface area contributed by atoms with Crippen LogP contribution in [0.4, 0.5) is 0 Å². The first-order valence-corrected chi connectivity index (χ1v) is 16.4. The van der Waals surface area contributed by atoms with Crippen molar-refractivity contribution in [2.45, 2.75) is 123 Å². The molecule has 0 heterocycles. The molecule has 0 aromatic heterocycles. The molecule has 2 bridgehead atoms. The zero-order valence-electron chi connectivity index (χ0n) is 24.9. The van der Waals surface area contributed by atoms with E-state index in [1.54, 1.807) is 7.11 Å². The minimum atomic E-state index is -2.16. The summed E-state index contributed by atoms with van der Waals surface area (Å²) in [4.78, 5) is 0. The Morgan fingerprint density at radius 1 is 1.08 bits per heavy atom. The summed E-state index contributed by atoms with van der Waals surface area (Å²) in [6.07, 6.45) is 5.70. The van der Waals surface area contributed by atoms with Crippen LogP contribution in [-0.2, 0) is 13.9 Å². The van der Waals surface area contributed by atoms with Gasteiger partial charge < -0.3 is 19.0 Å². The van der Waals surface area contributed by atoms with E-state index in [2.05, 4.69) is 68.9 Å². The Kier molecular flexibility index (Phi) is 8.53. The van der Waals surface area contributed by atoms with E-state index in [4.69, 9.17) is 20.5 Å². The van der Waals surface area contributed by atoms with Crippen molar-refractivity contribution in [3.05, 3.63) is 36.1 Å². The van der Waals surface area contributed by atoms with Gasteiger partial charge >= 0.3 is 0 Å². The molecular weight excluding hydrogens is 464 g/mol. The van der Waals surface area contributed by atoms with Gasteiger partial charge in [0.2, 0.25) is 0 Å². The SMILES string of the molecule is C=C[C@@]1(C)C[C@@H](O)[C@@]2(C)C3=C(O[Si](C(C)C)(C(C)C)C(C)C)CC[C@@]3(CC[C@H]2C)C(=C)[C@@H]1OCOC. The van der Waals surface area contributed by atoms with Crippen LogP contribution in [0.15, 0.2) is 36.1 Å². The second-order valence-corrected chi connectivity index (χ2v) is 18.8. The lowest BCUT2D eigenvalue weighted by atomic mass is 9.47. The molecule has 6 atom stereocenters. The summed E-state index contributed by atoms with van der Waals surface area (Å²) in [5, 5.41) is 12.1. The number of rotatable bonds is 9. The predicted octanol–water partition coefficient (Wildman–Crippen LogP) is 8.15. The second kappa shape index (κ2) is 10.4. The Labute approximate surface area is 222 Å². The Morgan fingerprint density at radius 3 is 2.17 bits per heavy atom. The average molecular weight is 519 g/mol. The van der Waals surface area contributed by atoms with Crippen LogP contribution in [0.3, 0.4) is 0 Å². The number of ether oxygens (including phenoxy) is 2. The molecular formula is C31H54O4Si. The number of aliphatic hydroxyl groups is 1. The molecule has 4 nitrogen and oxygen atoms in total. The largest absolute Gasteiger partial charge is 0.546 e. The Hall–Kier alpha value is -0.883. The molecule has 5 heteroatoms. The fourth-order valence-electron chi connectivity index (χ4n) is 8.57. The van der Waals surface area contributed by atoms with Gasteiger partial charge in [-0.05, 0) is 59.4 Å². The molecule has 0 radical (unpaired) electrons. The van der Waals surface area contributed by atoms with Crippen LogP contribution in [0.2, 0.25) is 16.6 Å². The summed E-state index contributed by atoms with van der Waals surface area (Å²) in [5.41, 5.74) is 2.89. The molecule has 0 unspecified atom stereocenters. The second-order valence-electron chi connectivity index (χ2n) is 13.4. The molecule has 2 saturated carbocycles. The van der Waals surface area contributed by atoms with Gasteiger partial charge in [0.25, 0.3) is 8.32 Å². The highest BCUT2D eigenvalue weighted by Crippen LogP contribution is 2.68. The van der Waals surface area contributed by atoms with Crippen molar-refractivity contribution in [3.8, 4) is 0 Å². The first-order valence-electron chi connectivity index (χ1n) is 14.2. The van der Waals surface area contributed by atoms with Crippen molar-refractivity contribution in [1.82, 2.24) is 0 Å². The number of allylic oxidation sites excluding steroid dienone is 1. The normalized spacial score (nSPS) is 37.4. The van der Waals surface area contributed by atoms with Crippen LogP contribution >= 0.6 is 0 Å². The standard InChI is InChI=1S/C31H54O4Si/c1-13-29(10)18-26(32)30(11)23(8)14-16-31(24(9)28(29)34-19-33-12)17-15-25(27(30)31)35-36(20(2)3,21(4)5)22(6)7/h13,20-23,26,28,32H,1,9,14-19H2,2-8,10-12H3/t23-,26-,28+,29+,30+,31+/m1/s1. The molecule has 3 rings (SSSR count). The molecule has 2 fully saturated rings. The van der Waals surface area contributed by atoms with Gasteiger partial charge in [0.05, 0.1) is 18.0 Å². The molecule has 0 aliphatic heterocycles. The predicted molar refractivity (Wildman–Crippen MR) is 152 cm³/mol. The van der Waals surface area contributed by atoms with E-state index in [0.29, 0.717) is 29.0 Å². The number of aliphatic hydroxyl groups excluding tert-OH is 1. The smallest absolute Gasteiger partial charge is 0.258 e. The molecule has 0 saturated heterocycles. The third kappa shape index (κ3) is 4.21. The molecule has 1 N–H and O–H groups in total. The van der Waals surface area contributed by atoms with E-state index in [1.165, 1.54) is 11.3 Å². The van der Waals surface area contributed by atoms with Gasteiger partial charge in [-0.3, -0.25) is 0 Å². The molecule has 0 amide bonds. The molecule has 3 aliphatic rings. The van der Waals surface area contributed by atoms with Crippen LogP contribution in [-0.4, -0.2) is 39.5 Å². The molecule has 0 aromatic carbocycles. The molecule has 0 aromatic rings. The summed E-state index contributed by atoms with van der Waals surface area (Å²) in [5.74, 6) is 1.51. The van der Waals surface area contributed by atoms with Gasteiger partial charge in [0.15, 0.2) is 0 Å². The molecule has 36 heavy (non-hydrogen) atoms. The van der Waals surface area contributed by atoms with Crippen molar-refractivity contribution in [3.63, 3.8) is 0 Å². The van der Waals surface area contributed by atoms with Crippen LogP contribution in [0.1, 0.15) is 94.4 Å². The van der Waals surface area contributed by atoms with Gasteiger partial charge in [0, 0.05) is 29.8 Å². The summed E-state index contributed by atoms with van der Waals surface area (Å²) >= 11 is 0. The number of hydrogen-bond donors (Lipinski definition) is 1. The minimum absolute atomic E-state index is 0.194. The van der Waals surface area contributed by atoms with E-state index >= 15 is 0 Å². The van der Waals surface area contributed by atoms with E-state index in [0.717, 1.165) is 31.3 Å². The maximum absolute atomic E-state index is 12.1. The van der Waals surface area contributed by atoms with Crippen LogP contribution < -0.4 is 0 Å². The van der Waals surface area contributed by atoms with Gasteiger partial charge in [-0.15, -0.1) is 6.58 Å². The first-order chi connectivity index (χ1) is 16.7. The zero-order chi connectivity index (χ0) is 27.3. The van der Waals surface area contributed by atoms with E-state index in [9.17, 15) is 5.11 Å². The van der Waals surface area contributed by atoms with Gasteiger partial charge in [-0.2, -0.15) is 0 Å². The average Bonchev–Trinajstić information content (AvgIpc) is 3.18. The van der Waals surface area contributed by atoms with Gasteiger partial charge in [-0.1, -0.05) is 75.0 Å². The molecule has 3 aliphatic carbocycles. The lowest BCUT2D eigenvalue weighted by molar-refractivity contribution is -0.124. The molecule has 206 valence electrons. The van der Waals surface area contributed by atoms with Gasteiger partial charge in [-0.25, -0.2) is 0 Å². The summed E-state index contributed by atoms with van der Waals surface area (Å²) in [6.45, 7) is 30.0. The first kappa shape index (κ1) is 29.7. The Morgan fingerprint density at radius 2 is 1.67 bits per heavy atom. The van der Waals surface area contributed by atoms with Crippen LogP contribution in [0.25, 0.3) is 0 Å². The maximum atomic E-state index is 12.1. The zero-order valence-corrected chi connectivity index (χ0v) is 25.9. The van der Waals surface area contributed by atoms with Crippen molar-refractivity contribution < 1.29 is 19.0 Å². The number of hydrogen-bond acceptors (Lipinski definition) is 4. The Bertz CT molecular complexity index is 854. The van der Waals surface area contributed by atoms with E-state index in [1.807, 2.05) is 6.08 Å². The summed E-state index contributed by atoms with van der Waals surface area (Å²) in [6, 6.07) is 0. The van der Waals surface area contributed by atoms with Crippen molar-refractivity contribution >= 4 is 8.32 Å². The minimum Gasteiger partial charge on any atom is -0.546 e. The number of methoxy groups -OCH3 is 1. The molecule has 0 spiro atoms. The highest BCUT2D eigenvalue weighted by Gasteiger charge is 2.63. The fraction of sp³-hybridized carbons (Fsp3) is 0.806. The van der Waals surface area contributed by atoms with Gasteiger partial charge in [0.1, 0.15) is 6.79 Å². The van der Waals surface area contributed by atoms with Crippen LogP contribution in [0.5, 0.6) is 0 Å². The van der Waals surface area contributed by atoms with E-state index < -0.39 is 19.8 Å². The fourth-order valence-corrected chi connectivity index (χ4v) is 13.9. The van der Waals surface area contributed by atoms with Crippen molar-refractivity contribution in [1.29, 1.82) is 0 Å². The lowest BCUT2D eigenvalue weighted by Gasteiger charge is -2.59. The van der Waals surface area contributed by atoms with Crippen molar-refractivity contribution in [2.24, 2.45) is 22.2 Å². The monoisotopic (exact) mass is 518 g/mol. The highest BCUT2D eigenvalue weighted by atomic mass is 28.4. The third-order valence-electron chi connectivity index (χ3n) is 10.8.